The number of carbonyl (C=O) groups is 1. The summed E-state index contributed by atoms with van der Waals surface area (Å²) < 4.78 is 2.35. The van der Waals surface area contributed by atoms with E-state index in [1.165, 1.54) is 22.7 Å². The lowest BCUT2D eigenvalue weighted by Crippen LogP contribution is -2.44. The van der Waals surface area contributed by atoms with Crippen molar-refractivity contribution in [3.05, 3.63) is 32.6 Å². The predicted molar refractivity (Wildman–Crippen MR) is 84.4 cm³/mol. The van der Waals surface area contributed by atoms with Crippen LogP contribution in [-0.2, 0) is 25.4 Å². The summed E-state index contributed by atoms with van der Waals surface area (Å²) in [6.07, 6.45) is 4.01. The van der Waals surface area contributed by atoms with Gasteiger partial charge in [-0.15, -0.1) is 0 Å². The normalized spacial score (nSPS) is 12.2. The highest BCUT2D eigenvalue weighted by atomic mass is 32.2. The van der Waals surface area contributed by atoms with Gasteiger partial charge in [-0.1, -0.05) is 0 Å². The number of thioether (sulfide) groups is 1. The SMILES string of the molecule is CSCC[C@@H](N)C(=O)N(C)Cc1cn(C)c(=O)n(C)c1=O. The van der Waals surface area contributed by atoms with E-state index in [-0.39, 0.29) is 12.5 Å². The zero-order valence-electron chi connectivity index (χ0n) is 12.8. The number of hydrogen-bond donors (Lipinski definition) is 1. The van der Waals surface area contributed by atoms with Crippen LogP contribution >= 0.6 is 11.8 Å². The Labute approximate surface area is 127 Å². The molecule has 0 aliphatic carbocycles. The standard InChI is InChI=1S/C13H22N4O3S/c1-15(12(19)10(14)5-6-21-4)7-9-8-16(2)13(20)17(3)11(9)18/h8,10H,5-7,14H2,1-4H3/t10-/m1/s1. The number of aryl methyl sites for hydroxylation is 1. The minimum absolute atomic E-state index is 0.132. The largest absolute Gasteiger partial charge is 0.340 e. The van der Waals surface area contributed by atoms with Crippen LogP contribution in [-0.4, -0.2) is 45.0 Å². The molecule has 1 rings (SSSR count). The second-order valence-corrected chi connectivity index (χ2v) is 5.98. The first-order chi connectivity index (χ1) is 9.79. The molecule has 21 heavy (non-hydrogen) atoms. The molecular formula is C13H22N4O3S. The van der Waals surface area contributed by atoms with E-state index in [1.54, 1.807) is 25.9 Å². The lowest BCUT2D eigenvalue weighted by Gasteiger charge is -2.21. The molecular weight excluding hydrogens is 292 g/mol. The van der Waals surface area contributed by atoms with Gasteiger partial charge in [-0.25, -0.2) is 4.79 Å². The van der Waals surface area contributed by atoms with Crippen molar-refractivity contribution in [2.75, 3.05) is 19.1 Å². The van der Waals surface area contributed by atoms with E-state index >= 15 is 0 Å². The molecule has 8 heteroatoms. The van der Waals surface area contributed by atoms with Crippen LogP contribution in [0, 0.1) is 0 Å². The summed E-state index contributed by atoms with van der Waals surface area (Å²) in [6, 6.07) is -0.571. The number of aromatic nitrogens is 2. The van der Waals surface area contributed by atoms with Crippen molar-refractivity contribution in [2.24, 2.45) is 19.8 Å². The quantitative estimate of drug-likeness (QED) is 0.736. The summed E-state index contributed by atoms with van der Waals surface area (Å²) >= 11 is 1.63. The Morgan fingerprint density at radius 2 is 2.05 bits per heavy atom. The maximum absolute atomic E-state index is 12.1. The van der Waals surface area contributed by atoms with Gasteiger partial charge in [-0.3, -0.25) is 14.2 Å². The van der Waals surface area contributed by atoms with E-state index < -0.39 is 17.3 Å². The van der Waals surface area contributed by atoms with Gasteiger partial charge in [0.05, 0.1) is 18.2 Å². The molecule has 0 aliphatic rings. The topological polar surface area (TPSA) is 90.3 Å². The van der Waals surface area contributed by atoms with E-state index in [0.717, 1.165) is 10.3 Å². The molecule has 118 valence electrons. The van der Waals surface area contributed by atoms with Crippen molar-refractivity contribution in [1.29, 1.82) is 0 Å². The summed E-state index contributed by atoms with van der Waals surface area (Å²) in [5.41, 5.74) is 5.43. The van der Waals surface area contributed by atoms with Crippen molar-refractivity contribution in [1.82, 2.24) is 14.0 Å². The van der Waals surface area contributed by atoms with Crippen LogP contribution in [0.3, 0.4) is 0 Å². The molecule has 0 aliphatic heterocycles. The Morgan fingerprint density at radius 1 is 1.43 bits per heavy atom. The molecule has 0 fully saturated rings. The van der Waals surface area contributed by atoms with E-state index in [0.29, 0.717) is 12.0 Å². The maximum atomic E-state index is 12.1. The molecule has 0 saturated heterocycles. The third kappa shape index (κ3) is 4.21. The van der Waals surface area contributed by atoms with Crippen LogP contribution in [0.4, 0.5) is 0 Å². The zero-order chi connectivity index (χ0) is 16.2. The third-order valence-corrected chi connectivity index (χ3v) is 3.90. The minimum Gasteiger partial charge on any atom is -0.340 e. The molecule has 1 atom stereocenters. The predicted octanol–water partition coefficient (Wildman–Crippen LogP) is -0.877. The molecule has 0 bridgehead atoms. The summed E-state index contributed by atoms with van der Waals surface area (Å²) in [5, 5.41) is 0. The first-order valence-corrected chi connectivity index (χ1v) is 7.94. The van der Waals surface area contributed by atoms with Gasteiger partial charge >= 0.3 is 5.69 Å². The van der Waals surface area contributed by atoms with Crippen molar-refractivity contribution < 1.29 is 4.79 Å². The van der Waals surface area contributed by atoms with Crippen molar-refractivity contribution >= 4 is 17.7 Å². The van der Waals surface area contributed by atoms with Crippen molar-refractivity contribution in [3.63, 3.8) is 0 Å². The molecule has 0 aromatic carbocycles. The van der Waals surface area contributed by atoms with Gasteiger partial charge in [-0.05, 0) is 18.4 Å². The average Bonchev–Trinajstić information content (AvgIpc) is 2.47. The van der Waals surface area contributed by atoms with Gasteiger partial charge in [0.1, 0.15) is 0 Å². The Morgan fingerprint density at radius 3 is 2.62 bits per heavy atom. The first-order valence-electron chi connectivity index (χ1n) is 6.54. The van der Waals surface area contributed by atoms with Gasteiger partial charge < -0.3 is 15.2 Å². The highest BCUT2D eigenvalue weighted by molar-refractivity contribution is 7.98. The number of carbonyl (C=O) groups excluding carboxylic acids is 1. The van der Waals surface area contributed by atoms with Gasteiger partial charge in [0.2, 0.25) is 5.91 Å². The summed E-state index contributed by atoms with van der Waals surface area (Å²) in [4.78, 5) is 37.2. The molecule has 0 radical (unpaired) electrons. The van der Waals surface area contributed by atoms with E-state index in [4.69, 9.17) is 5.73 Å². The Balaban J connectivity index is 2.89. The van der Waals surface area contributed by atoms with Crippen molar-refractivity contribution in [3.8, 4) is 0 Å². The molecule has 7 nitrogen and oxygen atoms in total. The zero-order valence-corrected chi connectivity index (χ0v) is 13.6. The number of nitrogens with two attached hydrogens (primary N) is 1. The molecule has 2 N–H and O–H groups in total. The second kappa shape index (κ2) is 7.46. The van der Waals surface area contributed by atoms with E-state index in [9.17, 15) is 14.4 Å². The van der Waals surface area contributed by atoms with Crippen LogP contribution in [0.2, 0.25) is 0 Å². The van der Waals surface area contributed by atoms with Crippen LogP contribution in [0.15, 0.2) is 15.8 Å². The minimum atomic E-state index is -0.571. The smallest absolute Gasteiger partial charge is 0.330 e. The summed E-state index contributed by atoms with van der Waals surface area (Å²) in [5.74, 6) is 0.600. The van der Waals surface area contributed by atoms with E-state index in [2.05, 4.69) is 0 Å². The highest BCUT2D eigenvalue weighted by Crippen LogP contribution is 2.04. The van der Waals surface area contributed by atoms with Gasteiger partial charge in [-0.2, -0.15) is 11.8 Å². The maximum Gasteiger partial charge on any atom is 0.330 e. The Hall–Kier alpha value is -1.54. The van der Waals surface area contributed by atoms with Gasteiger partial charge in [0.25, 0.3) is 5.56 Å². The highest BCUT2D eigenvalue weighted by Gasteiger charge is 2.19. The molecule has 0 unspecified atom stereocenters. The van der Waals surface area contributed by atoms with E-state index in [1.807, 2.05) is 6.26 Å². The van der Waals surface area contributed by atoms with Crippen molar-refractivity contribution in [2.45, 2.75) is 19.0 Å². The average molecular weight is 314 g/mol. The van der Waals surface area contributed by atoms with Gasteiger partial charge in [0, 0.05) is 27.3 Å². The Kier molecular flexibility index (Phi) is 6.22. The summed E-state index contributed by atoms with van der Waals surface area (Å²) in [7, 11) is 4.59. The number of amides is 1. The van der Waals surface area contributed by atoms with Crippen LogP contribution in [0.25, 0.3) is 0 Å². The Bertz CT molecular complexity index is 623. The number of hydrogen-bond acceptors (Lipinski definition) is 5. The lowest BCUT2D eigenvalue weighted by atomic mass is 10.2. The van der Waals surface area contributed by atoms with Crippen LogP contribution in [0.1, 0.15) is 12.0 Å². The molecule has 1 aromatic rings. The number of nitrogens with zero attached hydrogens (tertiary/aromatic N) is 3. The van der Waals surface area contributed by atoms with Crippen LogP contribution in [0.5, 0.6) is 0 Å². The third-order valence-electron chi connectivity index (χ3n) is 3.25. The molecule has 0 saturated carbocycles. The summed E-state index contributed by atoms with van der Waals surface area (Å²) in [6.45, 7) is 0.132. The lowest BCUT2D eigenvalue weighted by molar-refractivity contribution is -0.131. The monoisotopic (exact) mass is 314 g/mol. The second-order valence-electron chi connectivity index (χ2n) is 4.99. The van der Waals surface area contributed by atoms with Gasteiger partial charge in [0.15, 0.2) is 0 Å². The molecule has 0 spiro atoms. The number of rotatable bonds is 6. The molecule has 1 amide bonds. The molecule has 1 heterocycles. The first kappa shape index (κ1) is 17.5. The molecule has 1 aromatic heterocycles. The van der Waals surface area contributed by atoms with Crippen LogP contribution < -0.4 is 17.0 Å². The fourth-order valence-electron chi connectivity index (χ4n) is 1.98. The number of likely N-dealkylation sites (N-methyl/N-ethyl adjacent to an activating group) is 1. The fourth-order valence-corrected chi connectivity index (χ4v) is 2.47. The fraction of sp³-hybridized carbons (Fsp3) is 0.615.